The van der Waals surface area contributed by atoms with Crippen LogP contribution in [0.4, 0.5) is 10.1 Å². The summed E-state index contributed by atoms with van der Waals surface area (Å²) in [6.07, 6.45) is 0. The molecule has 0 radical (unpaired) electrons. The summed E-state index contributed by atoms with van der Waals surface area (Å²) in [6.45, 7) is 1.72. The highest BCUT2D eigenvalue weighted by molar-refractivity contribution is 9.10. The van der Waals surface area contributed by atoms with Crippen LogP contribution in [0.2, 0.25) is 0 Å². The number of para-hydroxylation sites is 1. The van der Waals surface area contributed by atoms with Gasteiger partial charge >= 0.3 is 0 Å². The number of hydrogen-bond donors (Lipinski definition) is 1. The molecular formula is C18H15BrFN3O2. The van der Waals surface area contributed by atoms with Crippen LogP contribution in [0.1, 0.15) is 16.1 Å². The van der Waals surface area contributed by atoms with E-state index in [2.05, 4.69) is 21.2 Å². The minimum atomic E-state index is -0.670. The molecule has 128 valence electrons. The summed E-state index contributed by atoms with van der Waals surface area (Å²) in [5.41, 5.74) is 0.862. The Morgan fingerprint density at radius 1 is 1.16 bits per heavy atom. The van der Waals surface area contributed by atoms with Crippen molar-refractivity contribution in [2.45, 2.75) is 6.92 Å². The Kier molecular flexibility index (Phi) is 4.59. The highest BCUT2D eigenvalue weighted by Crippen LogP contribution is 2.18. The number of nitrogens with one attached hydrogen (secondary N) is 1. The molecule has 7 heteroatoms. The Balaban J connectivity index is 2.02. The number of amides is 1. The molecule has 1 amide bonds. The predicted octanol–water partition coefficient (Wildman–Crippen LogP) is 3.64. The minimum absolute atomic E-state index is 0.124. The van der Waals surface area contributed by atoms with Gasteiger partial charge in [0.05, 0.1) is 16.9 Å². The monoisotopic (exact) mass is 403 g/mol. The van der Waals surface area contributed by atoms with Crippen LogP contribution in [-0.4, -0.2) is 15.3 Å². The molecule has 0 atom stereocenters. The van der Waals surface area contributed by atoms with Crippen LogP contribution in [-0.2, 0) is 7.05 Å². The maximum Gasteiger partial charge on any atom is 0.295 e. The quantitative estimate of drug-likeness (QED) is 0.725. The van der Waals surface area contributed by atoms with Gasteiger partial charge in [0.25, 0.3) is 11.5 Å². The van der Waals surface area contributed by atoms with E-state index in [0.717, 1.165) is 0 Å². The van der Waals surface area contributed by atoms with E-state index in [4.69, 9.17) is 0 Å². The highest BCUT2D eigenvalue weighted by Gasteiger charge is 2.20. The van der Waals surface area contributed by atoms with Gasteiger partial charge in [0.15, 0.2) is 0 Å². The van der Waals surface area contributed by atoms with Crippen LogP contribution >= 0.6 is 15.9 Å². The van der Waals surface area contributed by atoms with Crippen LogP contribution in [0.5, 0.6) is 0 Å². The fourth-order valence-corrected chi connectivity index (χ4v) is 2.90. The van der Waals surface area contributed by atoms with Crippen molar-refractivity contribution in [2.75, 3.05) is 5.32 Å². The summed E-state index contributed by atoms with van der Waals surface area (Å²) in [7, 11) is 1.72. The molecule has 1 N–H and O–H groups in total. The molecule has 0 aliphatic carbocycles. The third-order valence-corrected chi connectivity index (χ3v) is 4.46. The average Bonchev–Trinajstić information content (AvgIpc) is 2.79. The fraction of sp³-hybridized carbons (Fsp3) is 0.111. The predicted molar refractivity (Wildman–Crippen MR) is 97.8 cm³/mol. The fourth-order valence-electron chi connectivity index (χ4n) is 2.57. The Morgan fingerprint density at radius 3 is 2.48 bits per heavy atom. The number of halogens is 2. The standard InChI is InChI=1S/C18H15BrFN3O2/c1-11-16(21-17(24)14-9-8-12(19)10-15(14)20)18(25)23(22(11)2)13-6-4-3-5-7-13/h3-10H,1-2H3,(H,21,24). The van der Waals surface area contributed by atoms with E-state index in [9.17, 15) is 14.0 Å². The molecule has 0 aliphatic rings. The van der Waals surface area contributed by atoms with Crippen LogP contribution in [0, 0.1) is 12.7 Å². The van der Waals surface area contributed by atoms with E-state index in [1.807, 2.05) is 18.2 Å². The summed E-state index contributed by atoms with van der Waals surface area (Å²) < 4.78 is 17.6. The second-order valence-electron chi connectivity index (χ2n) is 5.51. The summed E-state index contributed by atoms with van der Waals surface area (Å²) >= 11 is 3.15. The van der Waals surface area contributed by atoms with E-state index in [1.165, 1.54) is 16.8 Å². The van der Waals surface area contributed by atoms with E-state index >= 15 is 0 Å². The molecule has 0 saturated carbocycles. The Bertz CT molecular complexity index is 1010. The Morgan fingerprint density at radius 2 is 1.84 bits per heavy atom. The molecule has 0 bridgehead atoms. The zero-order valence-electron chi connectivity index (χ0n) is 13.6. The van der Waals surface area contributed by atoms with Crippen LogP contribution < -0.4 is 10.9 Å². The lowest BCUT2D eigenvalue weighted by Crippen LogP contribution is -2.23. The molecule has 1 heterocycles. The number of benzene rings is 2. The molecule has 0 fully saturated rings. The van der Waals surface area contributed by atoms with Crippen molar-refractivity contribution in [3.05, 3.63) is 80.4 Å². The molecule has 3 rings (SSSR count). The molecular weight excluding hydrogens is 389 g/mol. The molecule has 1 aromatic heterocycles. The molecule has 2 aromatic carbocycles. The van der Waals surface area contributed by atoms with E-state index < -0.39 is 11.7 Å². The smallest absolute Gasteiger partial charge is 0.295 e. The molecule has 5 nitrogen and oxygen atoms in total. The van der Waals surface area contributed by atoms with Gasteiger partial charge in [0, 0.05) is 11.5 Å². The van der Waals surface area contributed by atoms with Crippen LogP contribution in [0.3, 0.4) is 0 Å². The number of anilines is 1. The van der Waals surface area contributed by atoms with E-state index in [1.54, 1.807) is 36.9 Å². The van der Waals surface area contributed by atoms with E-state index in [-0.39, 0.29) is 16.8 Å². The van der Waals surface area contributed by atoms with Gasteiger partial charge in [-0.1, -0.05) is 34.1 Å². The normalized spacial score (nSPS) is 10.7. The van der Waals surface area contributed by atoms with Crippen molar-refractivity contribution in [3.8, 4) is 5.69 Å². The average molecular weight is 404 g/mol. The van der Waals surface area contributed by atoms with Gasteiger partial charge in [-0.05, 0) is 37.3 Å². The zero-order chi connectivity index (χ0) is 18.1. The number of rotatable bonds is 3. The first-order valence-corrected chi connectivity index (χ1v) is 8.30. The van der Waals surface area contributed by atoms with Gasteiger partial charge < -0.3 is 5.32 Å². The largest absolute Gasteiger partial charge is 0.316 e. The second kappa shape index (κ2) is 6.68. The molecule has 25 heavy (non-hydrogen) atoms. The topological polar surface area (TPSA) is 56.0 Å². The lowest BCUT2D eigenvalue weighted by atomic mass is 10.2. The van der Waals surface area contributed by atoms with Crippen LogP contribution in [0.15, 0.2) is 57.8 Å². The Labute approximate surface area is 151 Å². The van der Waals surface area contributed by atoms with Gasteiger partial charge in [0.1, 0.15) is 11.5 Å². The molecule has 0 saturated heterocycles. The van der Waals surface area contributed by atoms with Crippen molar-refractivity contribution < 1.29 is 9.18 Å². The SMILES string of the molecule is Cc1c(NC(=O)c2ccc(Br)cc2F)c(=O)n(-c2ccccc2)n1C. The van der Waals surface area contributed by atoms with Gasteiger partial charge in [0.2, 0.25) is 0 Å². The van der Waals surface area contributed by atoms with Gasteiger partial charge in [-0.2, -0.15) is 0 Å². The lowest BCUT2D eigenvalue weighted by Gasteiger charge is -2.07. The lowest BCUT2D eigenvalue weighted by molar-refractivity contribution is 0.102. The van der Waals surface area contributed by atoms with E-state index in [0.29, 0.717) is 15.9 Å². The van der Waals surface area contributed by atoms with Gasteiger partial charge in [-0.25, -0.2) is 9.07 Å². The number of nitrogens with zero attached hydrogens (tertiary/aromatic N) is 2. The summed E-state index contributed by atoms with van der Waals surface area (Å²) in [5.74, 6) is -1.33. The molecule has 0 unspecified atom stereocenters. The molecule has 3 aromatic rings. The summed E-state index contributed by atoms with van der Waals surface area (Å²) in [4.78, 5) is 25.1. The van der Waals surface area contributed by atoms with Crippen LogP contribution in [0.25, 0.3) is 5.69 Å². The number of hydrogen-bond acceptors (Lipinski definition) is 2. The summed E-state index contributed by atoms with van der Waals surface area (Å²) in [6, 6.07) is 13.2. The summed E-state index contributed by atoms with van der Waals surface area (Å²) in [5, 5.41) is 2.54. The van der Waals surface area contributed by atoms with Crippen molar-refractivity contribution >= 4 is 27.5 Å². The second-order valence-corrected chi connectivity index (χ2v) is 6.43. The number of aromatic nitrogens is 2. The number of carbonyl (C=O) groups excluding carboxylic acids is 1. The number of carbonyl (C=O) groups is 1. The maximum atomic E-state index is 14.0. The first-order chi connectivity index (χ1) is 11.9. The Hall–Kier alpha value is -2.67. The van der Waals surface area contributed by atoms with Crippen molar-refractivity contribution in [1.82, 2.24) is 9.36 Å². The van der Waals surface area contributed by atoms with Crippen molar-refractivity contribution in [2.24, 2.45) is 7.05 Å². The maximum absolute atomic E-state index is 14.0. The van der Waals surface area contributed by atoms with Crippen molar-refractivity contribution in [1.29, 1.82) is 0 Å². The zero-order valence-corrected chi connectivity index (χ0v) is 15.2. The third-order valence-electron chi connectivity index (χ3n) is 3.97. The molecule has 0 aliphatic heterocycles. The van der Waals surface area contributed by atoms with Crippen molar-refractivity contribution in [3.63, 3.8) is 0 Å². The first kappa shape index (κ1) is 17.2. The van der Waals surface area contributed by atoms with Gasteiger partial charge in [-0.3, -0.25) is 14.3 Å². The minimum Gasteiger partial charge on any atom is -0.316 e. The first-order valence-electron chi connectivity index (χ1n) is 7.50. The third kappa shape index (κ3) is 3.15. The molecule has 0 spiro atoms. The highest BCUT2D eigenvalue weighted by atomic mass is 79.9. The van der Waals surface area contributed by atoms with Gasteiger partial charge in [-0.15, -0.1) is 0 Å².